The highest BCUT2D eigenvalue weighted by molar-refractivity contribution is 7.89. The quantitative estimate of drug-likeness (QED) is 0.293. The highest BCUT2D eigenvalue weighted by atomic mass is 32.2. The van der Waals surface area contributed by atoms with Gasteiger partial charge in [-0.3, -0.25) is 4.68 Å². The Morgan fingerprint density at radius 2 is 1.77 bits per heavy atom. The van der Waals surface area contributed by atoms with Crippen LogP contribution in [0.1, 0.15) is 16.8 Å². The maximum atomic E-state index is 13.6. The Morgan fingerprint density at radius 3 is 2.42 bits per heavy atom. The Labute approximate surface area is 230 Å². The molecule has 0 bridgehead atoms. The third-order valence-corrected chi connectivity index (χ3v) is 8.39. The van der Waals surface area contributed by atoms with Gasteiger partial charge >= 0.3 is 6.18 Å². The standard InChI is InChI=1S/C28H27F3N4O4S/c1-34(17-19-3-9-23(38-2)10-4-19)40(36,37)24-11-12-26(32-21-7-5-20(6-8-21)28(29,30)31)25(16-24)27-15-22-18-39-14-13-35(22)33-27/h3-12,15-16,32H,13-14,17-18H2,1-2H3. The highest BCUT2D eigenvalue weighted by Crippen LogP contribution is 2.35. The molecular formula is C28H27F3N4O4S. The first-order valence-electron chi connectivity index (χ1n) is 12.4. The summed E-state index contributed by atoms with van der Waals surface area (Å²) in [4.78, 5) is 0.0544. The lowest BCUT2D eigenvalue weighted by atomic mass is 10.1. The van der Waals surface area contributed by atoms with E-state index in [4.69, 9.17) is 9.47 Å². The highest BCUT2D eigenvalue weighted by Gasteiger charge is 2.30. The van der Waals surface area contributed by atoms with E-state index in [1.165, 1.54) is 35.6 Å². The number of nitrogens with zero attached hydrogens (tertiary/aromatic N) is 3. The molecule has 0 radical (unpaired) electrons. The second-order valence-corrected chi connectivity index (χ2v) is 11.4. The minimum Gasteiger partial charge on any atom is -0.497 e. The third kappa shape index (κ3) is 5.83. The topological polar surface area (TPSA) is 85.7 Å². The van der Waals surface area contributed by atoms with Gasteiger partial charge in [0.25, 0.3) is 0 Å². The fourth-order valence-corrected chi connectivity index (χ4v) is 5.57. The molecule has 1 aliphatic rings. The van der Waals surface area contributed by atoms with Gasteiger partial charge in [-0.2, -0.15) is 22.6 Å². The molecule has 40 heavy (non-hydrogen) atoms. The SMILES string of the molecule is COc1ccc(CN(C)S(=O)(=O)c2ccc(Nc3ccc(C(F)(F)F)cc3)c(-c3cc4n(n3)CCOC4)c2)cc1. The number of hydrogen-bond donors (Lipinski definition) is 1. The van der Waals surface area contributed by atoms with E-state index >= 15 is 0 Å². The molecule has 3 aromatic carbocycles. The zero-order valence-corrected chi connectivity index (χ0v) is 22.6. The largest absolute Gasteiger partial charge is 0.497 e. The van der Waals surface area contributed by atoms with E-state index in [9.17, 15) is 21.6 Å². The number of benzene rings is 3. The number of anilines is 2. The van der Waals surface area contributed by atoms with Crippen molar-refractivity contribution in [3.05, 3.63) is 89.6 Å². The van der Waals surface area contributed by atoms with Crippen LogP contribution in [0.3, 0.4) is 0 Å². The Balaban J connectivity index is 1.49. The van der Waals surface area contributed by atoms with Gasteiger partial charge in [0.05, 0.1) is 48.7 Å². The predicted molar refractivity (Wildman–Crippen MR) is 144 cm³/mol. The van der Waals surface area contributed by atoms with Crippen molar-refractivity contribution in [2.75, 3.05) is 26.1 Å². The Bertz CT molecular complexity index is 1580. The van der Waals surface area contributed by atoms with Crippen molar-refractivity contribution in [3.63, 3.8) is 0 Å². The van der Waals surface area contributed by atoms with Gasteiger partial charge in [0, 0.05) is 30.5 Å². The number of ether oxygens (including phenoxy) is 2. The molecule has 8 nitrogen and oxygen atoms in total. The molecule has 0 fully saturated rings. The smallest absolute Gasteiger partial charge is 0.416 e. The lowest BCUT2D eigenvalue weighted by Crippen LogP contribution is -2.26. The number of sulfonamides is 1. The molecule has 0 saturated heterocycles. The van der Waals surface area contributed by atoms with Crippen LogP contribution in [0.5, 0.6) is 5.75 Å². The molecule has 1 aliphatic heterocycles. The first-order chi connectivity index (χ1) is 19.0. The van der Waals surface area contributed by atoms with Crippen LogP contribution in [0.15, 0.2) is 77.7 Å². The molecule has 4 aromatic rings. The zero-order valence-electron chi connectivity index (χ0n) is 21.8. The second-order valence-electron chi connectivity index (χ2n) is 9.31. The summed E-state index contributed by atoms with van der Waals surface area (Å²) in [5.74, 6) is 0.670. The average Bonchev–Trinajstić information content (AvgIpc) is 3.37. The molecule has 1 aromatic heterocycles. The molecule has 1 N–H and O–H groups in total. The fourth-order valence-electron chi connectivity index (χ4n) is 4.38. The molecule has 0 saturated carbocycles. The van der Waals surface area contributed by atoms with Gasteiger partial charge < -0.3 is 14.8 Å². The summed E-state index contributed by atoms with van der Waals surface area (Å²) in [6, 6.07) is 18.2. The van der Waals surface area contributed by atoms with Gasteiger partial charge in [0.15, 0.2) is 0 Å². The number of fused-ring (bicyclic) bond motifs is 1. The summed E-state index contributed by atoms with van der Waals surface area (Å²) in [6.45, 7) is 1.58. The first kappa shape index (κ1) is 27.7. The van der Waals surface area contributed by atoms with Crippen molar-refractivity contribution in [1.29, 1.82) is 0 Å². The Kier molecular flexibility index (Phi) is 7.58. The Morgan fingerprint density at radius 1 is 1.05 bits per heavy atom. The fraction of sp³-hybridized carbons (Fsp3) is 0.250. The number of aromatic nitrogens is 2. The monoisotopic (exact) mass is 572 g/mol. The van der Waals surface area contributed by atoms with E-state index in [-0.39, 0.29) is 11.4 Å². The molecule has 5 rings (SSSR count). The molecule has 210 valence electrons. The molecular weight excluding hydrogens is 545 g/mol. The predicted octanol–water partition coefficient (Wildman–Crippen LogP) is 5.67. The third-order valence-electron chi connectivity index (χ3n) is 6.59. The van der Waals surface area contributed by atoms with Crippen molar-refractivity contribution in [1.82, 2.24) is 14.1 Å². The molecule has 0 unspecified atom stereocenters. The summed E-state index contributed by atoms with van der Waals surface area (Å²) in [5, 5.41) is 7.77. The van der Waals surface area contributed by atoms with Gasteiger partial charge in [-0.1, -0.05) is 12.1 Å². The van der Waals surface area contributed by atoms with Crippen LogP contribution in [-0.2, 0) is 40.6 Å². The maximum Gasteiger partial charge on any atom is 0.416 e. The van der Waals surface area contributed by atoms with Gasteiger partial charge in [0.2, 0.25) is 10.0 Å². The van der Waals surface area contributed by atoms with Crippen LogP contribution in [-0.4, -0.2) is 43.3 Å². The van der Waals surface area contributed by atoms with Crippen molar-refractivity contribution in [2.24, 2.45) is 0 Å². The minimum absolute atomic E-state index is 0.0544. The van der Waals surface area contributed by atoms with Crippen molar-refractivity contribution in [3.8, 4) is 17.0 Å². The van der Waals surface area contributed by atoms with Crippen molar-refractivity contribution < 1.29 is 31.1 Å². The van der Waals surface area contributed by atoms with Crippen molar-refractivity contribution >= 4 is 21.4 Å². The van der Waals surface area contributed by atoms with Gasteiger partial charge in [-0.25, -0.2) is 8.42 Å². The number of hydrogen-bond acceptors (Lipinski definition) is 6. The summed E-state index contributed by atoms with van der Waals surface area (Å²) < 4.78 is 80.0. The molecule has 2 heterocycles. The summed E-state index contributed by atoms with van der Waals surface area (Å²) >= 11 is 0. The number of nitrogens with one attached hydrogen (secondary N) is 1. The van der Waals surface area contributed by atoms with E-state index < -0.39 is 21.8 Å². The van der Waals surface area contributed by atoms with Crippen LogP contribution in [0.25, 0.3) is 11.3 Å². The zero-order chi connectivity index (χ0) is 28.5. The summed E-state index contributed by atoms with van der Waals surface area (Å²) in [5.41, 5.74) is 2.77. The van der Waals surface area contributed by atoms with Gasteiger partial charge in [-0.05, 0) is 66.2 Å². The average molecular weight is 573 g/mol. The minimum atomic E-state index is -4.45. The lowest BCUT2D eigenvalue weighted by Gasteiger charge is -2.19. The Hall–Kier alpha value is -3.87. The molecule has 0 spiro atoms. The van der Waals surface area contributed by atoms with Crippen LogP contribution in [0, 0.1) is 0 Å². The number of alkyl halides is 3. The van der Waals surface area contributed by atoms with E-state index in [0.29, 0.717) is 48.1 Å². The number of methoxy groups -OCH3 is 1. The normalized spacial score (nSPS) is 13.8. The molecule has 0 atom stereocenters. The van der Waals surface area contributed by atoms with E-state index in [1.807, 2.05) is 6.07 Å². The maximum absolute atomic E-state index is 13.6. The van der Waals surface area contributed by atoms with Gasteiger partial charge in [0.1, 0.15) is 5.75 Å². The summed E-state index contributed by atoms with van der Waals surface area (Å²) in [7, 11) is -0.848. The first-order valence-corrected chi connectivity index (χ1v) is 13.8. The number of rotatable bonds is 8. The van der Waals surface area contributed by atoms with Crippen LogP contribution >= 0.6 is 0 Å². The van der Waals surface area contributed by atoms with E-state index in [1.54, 1.807) is 42.1 Å². The summed E-state index contributed by atoms with van der Waals surface area (Å²) in [6.07, 6.45) is -4.45. The number of halogens is 3. The van der Waals surface area contributed by atoms with Crippen LogP contribution in [0.4, 0.5) is 24.5 Å². The van der Waals surface area contributed by atoms with Crippen LogP contribution in [0.2, 0.25) is 0 Å². The van der Waals surface area contributed by atoms with E-state index in [2.05, 4.69) is 10.4 Å². The van der Waals surface area contributed by atoms with Gasteiger partial charge in [-0.15, -0.1) is 0 Å². The molecule has 0 amide bonds. The second kappa shape index (κ2) is 11.0. The molecule has 0 aliphatic carbocycles. The molecule has 12 heteroatoms. The van der Waals surface area contributed by atoms with Crippen LogP contribution < -0.4 is 10.1 Å². The lowest BCUT2D eigenvalue weighted by molar-refractivity contribution is -0.137. The van der Waals surface area contributed by atoms with E-state index in [0.717, 1.165) is 23.4 Å². The van der Waals surface area contributed by atoms with Crippen molar-refractivity contribution in [2.45, 2.75) is 30.8 Å².